The number of carbonyl (C=O) groups is 1. The molecule has 0 saturated carbocycles. The van der Waals surface area contributed by atoms with Crippen molar-refractivity contribution in [2.24, 2.45) is 5.92 Å². The van der Waals surface area contributed by atoms with Gasteiger partial charge in [0.2, 0.25) is 0 Å². The summed E-state index contributed by atoms with van der Waals surface area (Å²) in [6.07, 6.45) is 2.32. The Labute approximate surface area is 129 Å². The smallest absolute Gasteiger partial charge is 0.340 e. The Morgan fingerprint density at radius 3 is 2.75 bits per heavy atom. The summed E-state index contributed by atoms with van der Waals surface area (Å²) in [6.45, 7) is 6.19. The number of methoxy groups -OCH3 is 1. The van der Waals surface area contributed by atoms with Gasteiger partial charge >= 0.3 is 5.97 Å². The lowest BCUT2D eigenvalue weighted by Crippen LogP contribution is -2.40. The first-order valence-electron chi connectivity index (χ1n) is 6.76. The molecule has 0 amide bonds. The Bertz CT molecular complexity index is 505. The van der Waals surface area contributed by atoms with Crippen molar-refractivity contribution in [2.45, 2.75) is 26.7 Å². The van der Waals surface area contributed by atoms with Gasteiger partial charge in [0.05, 0.1) is 12.7 Å². The molecule has 4 nitrogen and oxygen atoms in total. The minimum Gasteiger partial charge on any atom is -0.465 e. The van der Waals surface area contributed by atoms with Gasteiger partial charge in [-0.1, -0.05) is 6.92 Å². The van der Waals surface area contributed by atoms with Crippen molar-refractivity contribution in [3.05, 3.63) is 16.5 Å². The molecule has 1 aliphatic heterocycles. The molecule has 1 aromatic heterocycles. The van der Waals surface area contributed by atoms with E-state index in [-0.39, 0.29) is 5.97 Å². The van der Waals surface area contributed by atoms with Crippen LogP contribution in [-0.2, 0) is 4.74 Å². The fourth-order valence-corrected chi connectivity index (χ4v) is 3.50. The van der Waals surface area contributed by atoms with Gasteiger partial charge < -0.3 is 15.0 Å². The standard InChI is InChI=1S/C14H20N2O2S2/c1-9-4-6-16(7-5-9)14(19)15-12-11(13(17)18-3)8-10(2)20-12/h8-9H,4-7H2,1-3H3,(H,15,19). The minimum atomic E-state index is -0.327. The number of rotatable bonds is 2. The average molecular weight is 312 g/mol. The molecule has 1 aliphatic rings. The van der Waals surface area contributed by atoms with Crippen LogP contribution in [-0.4, -0.2) is 36.2 Å². The van der Waals surface area contributed by atoms with E-state index in [1.807, 2.05) is 13.0 Å². The Balaban J connectivity index is 2.06. The van der Waals surface area contributed by atoms with E-state index in [1.54, 1.807) is 0 Å². The normalized spacial score (nSPS) is 16.1. The number of carbonyl (C=O) groups excluding carboxylic acids is 1. The molecule has 0 unspecified atom stereocenters. The zero-order valence-corrected chi connectivity index (χ0v) is 13.7. The van der Waals surface area contributed by atoms with Crippen LogP contribution < -0.4 is 5.32 Å². The lowest BCUT2D eigenvalue weighted by molar-refractivity contribution is 0.0602. The number of thiocarbonyl (C=S) groups is 1. The van der Waals surface area contributed by atoms with E-state index < -0.39 is 0 Å². The molecule has 0 atom stereocenters. The molecule has 2 rings (SSSR count). The van der Waals surface area contributed by atoms with Gasteiger partial charge in [0, 0.05) is 18.0 Å². The van der Waals surface area contributed by atoms with Crippen LogP contribution in [0, 0.1) is 12.8 Å². The second-order valence-corrected chi connectivity index (χ2v) is 6.83. The first-order chi connectivity index (χ1) is 9.51. The molecule has 1 N–H and O–H groups in total. The molecule has 0 aliphatic carbocycles. The predicted octanol–water partition coefficient (Wildman–Crippen LogP) is 3.27. The van der Waals surface area contributed by atoms with Crippen LogP contribution in [0.4, 0.5) is 5.00 Å². The topological polar surface area (TPSA) is 41.6 Å². The lowest BCUT2D eigenvalue weighted by atomic mass is 10.00. The molecule has 0 spiro atoms. The first kappa shape index (κ1) is 15.3. The fraction of sp³-hybridized carbons (Fsp3) is 0.571. The lowest BCUT2D eigenvalue weighted by Gasteiger charge is -2.32. The van der Waals surface area contributed by atoms with Crippen molar-refractivity contribution in [3.8, 4) is 0 Å². The third-order valence-electron chi connectivity index (χ3n) is 3.55. The van der Waals surface area contributed by atoms with Gasteiger partial charge in [0.15, 0.2) is 5.11 Å². The van der Waals surface area contributed by atoms with E-state index in [4.69, 9.17) is 17.0 Å². The highest BCUT2D eigenvalue weighted by Gasteiger charge is 2.21. The molecule has 6 heteroatoms. The summed E-state index contributed by atoms with van der Waals surface area (Å²) in [4.78, 5) is 15.0. The summed E-state index contributed by atoms with van der Waals surface area (Å²) in [5, 5.41) is 4.68. The van der Waals surface area contributed by atoms with Crippen molar-refractivity contribution < 1.29 is 9.53 Å². The van der Waals surface area contributed by atoms with Crippen molar-refractivity contribution in [3.63, 3.8) is 0 Å². The summed E-state index contributed by atoms with van der Waals surface area (Å²) in [6, 6.07) is 1.83. The molecular weight excluding hydrogens is 292 g/mol. The van der Waals surface area contributed by atoms with E-state index in [0.29, 0.717) is 10.7 Å². The summed E-state index contributed by atoms with van der Waals surface area (Å²) >= 11 is 6.98. The molecule has 1 fully saturated rings. The number of aryl methyl sites for hydroxylation is 1. The Kier molecular flexibility index (Phi) is 4.99. The maximum atomic E-state index is 11.7. The number of piperidine rings is 1. The van der Waals surface area contributed by atoms with Crippen LogP contribution in [0.3, 0.4) is 0 Å². The van der Waals surface area contributed by atoms with Crippen molar-refractivity contribution in [2.75, 3.05) is 25.5 Å². The SMILES string of the molecule is COC(=O)c1cc(C)sc1NC(=S)N1CCC(C)CC1. The number of anilines is 1. The third kappa shape index (κ3) is 3.49. The van der Waals surface area contributed by atoms with E-state index in [2.05, 4.69) is 17.1 Å². The second kappa shape index (κ2) is 6.54. The fourth-order valence-electron chi connectivity index (χ4n) is 2.26. The number of nitrogens with one attached hydrogen (secondary N) is 1. The quantitative estimate of drug-likeness (QED) is 0.670. The van der Waals surface area contributed by atoms with Gasteiger partial charge in [-0.15, -0.1) is 11.3 Å². The highest BCUT2D eigenvalue weighted by atomic mass is 32.1. The summed E-state index contributed by atoms with van der Waals surface area (Å²) < 4.78 is 4.80. The number of thiophene rings is 1. The van der Waals surface area contributed by atoms with Gasteiger partial charge in [-0.25, -0.2) is 4.79 Å². The van der Waals surface area contributed by atoms with E-state index in [9.17, 15) is 4.79 Å². The van der Waals surface area contributed by atoms with Gasteiger partial charge in [-0.2, -0.15) is 0 Å². The number of hydrogen-bond acceptors (Lipinski definition) is 4. The molecule has 0 radical (unpaired) electrons. The van der Waals surface area contributed by atoms with E-state index >= 15 is 0 Å². The molecule has 1 aromatic rings. The number of likely N-dealkylation sites (tertiary alicyclic amines) is 1. The van der Waals surface area contributed by atoms with Crippen molar-refractivity contribution in [1.82, 2.24) is 4.90 Å². The maximum absolute atomic E-state index is 11.7. The number of esters is 1. The zero-order valence-electron chi connectivity index (χ0n) is 12.1. The van der Waals surface area contributed by atoms with Crippen LogP contribution in [0.25, 0.3) is 0 Å². The minimum absolute atomic E-state index is 0.327. The van der Waals surface area contributed by atoms with Crippen LogP contribution in [0.15, 0.2) is 6.07 Å². The molecule has 2 heterocycles. The molecule has 1 saturated heterocycles. The zero-order chi connectivity index (χ0) is 14.7. The number of nitrogens with zero attached hydrogens (tertiary/aromatic N) is 1. The largest absolute Gasteiger partial charge is 0.465 e. The molecular formula is C14H20N2O2S2. The Morgan fingerprint density at radius 1 is 1.50 bits per heavy atom. The number of ether oxygens (including phenoxy) is 1. The maximum Gasteiger partial charge on any atom is 0.340 e. The second-order valence-electron chi connectivity index (χ2n) is 5.19. The van der Waals surface area contributed by atoms with Crippen molar-refractivity contribution >= 4 is 39.6 Å². The van der Waals surface area contributed by atoms with Gasteiger partial charge in [-0.3, -0.25) is 0 Å². The average Bonchev–Trinajstić information content (AvgIpc) is 2.79. The predicted molar refractivity (Wildman–Crippen MR) is 86.6 cm³/mol. The first-order valence-corrected chi connectivity index (χ1v) is 7.98. The summed E-state index contributed by atoms with van der Waals surface area (Å²) in [5.74, 6) is 0.440. The Hall–Kier alpha value is -1.14. The monoisotopic (exact) mass is 312 g/mol. The molecule has 110 valence electrons. The highest BCUT2D eigenvalue weighted by Crippen LogP contribution is 2.29. The summed E-state index contributed by atoms with van der Waals surface area (Å²) in [5.41, 5.74) is 0.558. The molecule has 20 heavy (non-hydrogen) atoms. The molecule has 0 aromatic carbocycles. The number of hydrogen-bond donors (Lipinski definition) is 1. The third-order valence-corrected chi connectivity index (χ3v) is 4.88. The van der Waals surface area contributed by atoms with Gasteiger partial charge in [0.25, 0.3) is 0 Å². The van der Waals surface area contributed by atoms with Gasteiger partial charge in [0.1, 0.15) is 5.00 Å². The van der Waals surface area contributed by atoms with Crippen molar-refractivity contribution in [1.29, 1.82) is 0 Å². The van der Waals surface area contributed by atoms with Crippen LogP contribution >= 0.6 is 23.6 Å². The van der Waals surface area contributed by atoms with E-state index in [0.717, 1.165) is 41.7 Å². The Morgan fingerprint density at radius 2 is 2.15 bits per heavy atom. The van der Waals surface area contributed by atoms with Crippen LogP contribution in [0.2, 0.25) is 0 Å². The highest BCUT2D eigenvalue weighted by molar-refractivity contribution is 7.80. The summed E-state index contributed by atoms with van der Waals surface area (Å²) in [7, 11) is 1.39. The van der Waals surface area contributed by atoms with E-state index in [1.165, 1.54) is 18.4 Å². The van der Waals surface area contributed by atoms with Crippen LogP contribution in [0.5, 0.6) is 0 Å². The molecule has 0 bridgehead atoms. The van der Waals surface area contributed by atoms with Gasteiger partial charge in [-0.05, 0) is 44.0 Å². The van der Waals surface area contributed by atoms with Crippen LogP contribution in [0.1, 0.15) is 35.0 Å².